The lowest BCUT2D eigenvalue weighted by atomic mass is 9.97. The number of hydrogen-bond donors (Lipinski definition) is 2. The normalized spacial score (nSPS) is 20.0. The van der Waals surface area contributed by atoms with Crippen molar-refractivity contribution in [2.45, 2.75) is 26.3 Å². The highest BCUT2D eigenvalue weighted by Gasteiger charge is 2.25. The number of aryl methyl sites for hydroxylation is 1. The first-order valence-corrected chi connectivity index (χ1v) is 7.38. The van der Waals surface area contributed by atoms with E-state index in [0.717, 1.165) is 44.8 Å². The lowest BCUT2D eigenvalue weighted by Crippen LogP contribution is -2.44. The molecule has 1 amide bonds. The van der Waals surface area contributed by atoms with E-state index in [4.69, 9.17) is 5.73 Å². The molecule has 1 saturated heterocycles. The number of nitrogens with one attached hydrogen (secondary N) is 1. The quantitative estimate of drug-likeness (QED) is 0.767. The number of carbonyl (C=O) groups excluding carboxylic acids is 1. The van der Waals surface area contributed by atoms with E-state index in [1.807, 2.05) is 19.3 Å². The molecule has 6 heteroatoms. The second-order valence-corrected chi connectivity index (χ2v) is 5.39. The first kappa shape index (κ1) is 15.0. The van der Waals surface area contributed by atoms with Crippen molar-refractivity contribution >= 4 is 5.91 Å². The van der Waals surface area contributed by atoms with Gasteiger partial charge in [-0.15, -0.1) is 0 Å². The Balaban J connectivity index is 1.78. The Morgan fingerprint density at radius 3 is 3.10 bits per heavy atom. The predicted molar refractivity (Wildman–Crippen MR) is 78.2 cm³/mol. The highest BCUT2D eigenvalue weighted by Crippen LogP contribution is 2.16. The van der Waals surface area contributed by atoms with Crippen molar-refractivity contribution < 1.29 is 4.79 Å². The largest absolute Gasteiger partial charge is 0.355 e. The Labute approximate surface area is 120 Å². The van der Waals surface area contributed by atoms with E-state index in [2.05, 4.69) is 19.8 Å². The van der Waals surface area contributed by atoms with Crippen LogP contribution < -0.4 is 11.1 Å². The van der Waals surface area contributed by atoms with Crippen molar-refractivity contribution in [1.82, 2.24) is 19.8 Å². The topological polar surface area (TPSA) is 76.2 Å². The van der Waals surface area contributed by atoms with E-state index in [0.29, 0.717) is 13.1 Å². The summed E-state index contributed by atoms with van der Waals surface area (Å²) in [6.45, 7) is 6.92. The summed E-state index contributed by atoms with van der Waals surface area (Å²) < 4.78 is 2.15. The number of imidazole rings is 1. The first-order valence-electron chi connectivity index (χ1n) is 7.38. The molecule has 1 aromatic heterocycles. The number of piperidine rings is 1. The molecule has 1 aliphatic rings. The van der Waals surface area contributed by atoms with Gasteiger partial charge in [0, 0.05) is 45.1 Å². The molecule has 3 N–H and O–H groups in total. The van der Waals surface area contributed by atoms with Gasteiger partial charge in [0.25, 0.3) is 0 Å². The molecule has 1 aliphatic heterocycles. The maximum absolute atomic E-state index is 12.0. The minimum atomic E-state index is 0.110. The molecular weight excluding hydrogens is 254 g/mol. The van der Waals surface area contributed by atoms with Gasteiger partial charge >= 0.3 is 0 Å². The van der Waals surface area contributed by atoms with Gasteiger partial charge in [0.05, 0.1) is 5.92 Å². The second kappa shape index (κ2) is 7.40. The number of nitrogens with zero attached hydrogens (tertiary/aromatic N) is 3. The van der Waals surface area contributed by atoms with Crippen LogP contribution in [0.25, 0.3) is 0 Å². The maximum atomic E-state index is 12.0. The summed E-state index contributed by atoms with van der Waals surface area (Å²) >= 11 is 0. The molecule has 0 bridgehead atoms. The van der Waals surface area contributed by atoms with E-state index in [-0.39, 0.29) is 11.8 Å². The lowest BCUT2D eigenvalue weighted by molar-refractivity contribution is -0.126. The fraction of sp³-hybridized carbons (Fsp3) is 0.714. The Morgan fingerprint density at radius 2 is 2.40 bits per heavy atom. The Morgan fingerprint density at radius 1 is 1.55 bits per heavy atom. The molecule has 0 spiro atoms. The van der Waals surface area contributed by atoms with Gasteiger partial charge in [0.2, 0.25) is 5.91 Å². The van der Waals surface area contributed by atoms with Gasteiger partial charge in [-0.25, -0.2) is 4.98 Å². The molecule has 1 atom stereocenters. The highest BCUT2D eigenvalue weighted by atomic mass is 16.1. The van der Waals surface area contributed by atoms with Crippen LogP contribution in [0.15, 0.2) is 12.4 Å². The Hall–Kier alpha value is -1.40. The Bertz CT molecular complexity index is 431. The number of amides is 1. The average Bonchev–Trinajstić information content (AvgIpc) is 2.88. The molecule has 112 valence electrons. The van der Waals surface area contributed by atoms with Gasteiger partial charge in [0.15, 0.2) is 0 Å². The van der Waals surface area contributed by atoms with Crippen molar-refractivity contribution in [3.63, 3.8) is 0 Å². The zero-order valence-electron chi connectivity index (χ0n) is 12.2. The third-order valence-corrected chi connectivity index (χ3v) is 3.90. The third kappa shape index (κ3) is 4.05. The molecule has 1 fully saturated rings. The summed E-state index contributed by atoms with van der Waals surface area (Å²) in [5, 5.41) is 2.90. The van der Waals surface area contributed by atoms with Gasteiger partial charge in [-0.2, -0.15) is 0 Å². The summed E-state index contributed by atoms with van der Waals surface area (Å²) in [7, 11) is 0. The molecule has 0 saturated carbocycles. The third-order valence-electron chi connectivity index (χ3n) is 3.90. The van der Waals surface area contributed by atoms with Crippen LogP contribution in [0.3, 0.4) is 0 Å². The summed E-state index contributed by atoms with van der Waals surface area (Å²) in [5.74, 6) is 1.30. The minimum Gasteiger partial charge on any atom is -0.355 e. The summed E-state index contributed by atoms with van der Waals surface area (Å²) in [5.41, 5.74) is 5.42. The fourth-order valence-electron chi connectivity index (χ4n) is 2.70. The number of rotatable bonds is 6. The number of likely N-dealkylation sites (tertiary alicyclic amines) is 1. The van der Waals surface area contributed by atoms with Crippen LogP contribution in [0, 0.1) is 12.8 Å². The molecule has 0 aromatic carbocycles. The van der Waals surface area contributed by atoms with Gasteiger partial charge < -0.3 is 20.5 Å². The molecule has 2 rings (SSSR count). The van der Waals surface area contributed by atoms with Gasteiger partial charge in [0.1, 0.15) is 5.82 Å². The first-order chi connectivity index (χ1) is 9.70. The van der Waals surface area contributed by atoms with Crippen LogP contribution in [0.1, 0.15) is 18.7 Å². The van der Waals surface area contributed by atoms with Crippen molar-refractivity contribution in [1.29, 1.82) is 0 Å². The predicted octanol–water partition coefficient (Wildman–Crippen LogP) is -0.0216. The fourth-order valence-corrected chi connectivity index (χ4v) is 2.70. The molecular formula is C14H25N5O. The lowest BCUT2D eigenvalue weighted by Gasteiger charge is -2.32. The van der Waals surface area contributed by atoms with Crippen molar-refractivity contribution in [3.8, 4) is 0 Å². The van der Waals surface area contributed by atoms with Gasteiger partial charge in [-0.3, -0.25) is 4.79 Å². The van der Waals surface area contributed by atoms with E-state index in [9.17, 15) is 4.79 Å². The molecule has 0 aliphatic carbocycles. The van der Waals surface area contributed by atoms with E-state index in [1.54, 1.807) is 0 Å². The van der Waals surface area contributed by atoms with Gasteiger partial charge in [-0.05, 0) is 26.3 Å². The van der Waals surface area contributed by atoms with E-state index >= 15 is 0 Å². The SMILES string of the molecule is Cc1nccn1CCN1CCCC(C(=O)NCCN)C1. The monoisotopic (exact) mass is 279 g/mol. The molecule has 0 radical (unpaired) electrons. The van der Waals surface area contributed by atoms with Crippen LogP contribution >= 0.6 is 0 Å². The van der Waals surface area contributed by atoms with Crippen molar-refractivity contribution in [2.24, 2.45) is 11.7 Å². The van der Waals surface area contributed by atoms with Crippen LogP contribution in [-0.2, 0) is 11.3 Å². The van der Waals surface area contributed by atoms with Crippen LogP contribution in [-0.4, -0.2) is 53.1 Å². The molecule has 1 unspecified atom stereocenters. The number of nitrogens with two attached hydrogens (primary N) is 1. The van der Waals surface area contributed by atoms with E-state index < -0.39 is 0 Å². The molecule has 6 nitrogen and oxygen atoms in total. The maximum Gasteiger partial charge on any atom is 0.224 e. The number of hydrogen-bond acceptors (Lipinski definition) is 4. The Kier molecular flexibility index (Phi) is 5.55. The number of carbonyl (C=O) groups is 1. The zero-order chi connectivity index (χ0) is 14.4. The standard InChI is InChI=1S/C14H25N5O/c1-12-16-6-8-19(12)10-9-18-7-2-3-13(11-18)14(20)17-5-4-15/h6,8,13H,2-5,7,9-11,15H2,1H3,(H,17,20). The summed E-state index contributed by atoms with van der Waals surface area (Å²) in [4.78, 5) is 18.6. The zero-order valence-corrected chi connectivity index (χ0v) is 12.2. The molecule has 20 heavy (non-hydrogen) atoms. The van der Waals surface area contributed by atoms with Gasteiger partial charge in [-0.1, -0.05) is 0 Å². The average molecular weight is 279 g/mol. The van der Waals surface area contributed by atoms with Crippen LogP contribution in [0.4, 0.5) is 0 Å². The van der Waals surface area contributed by atoms with Crippen LogP contribution in [0.2, 0.25) is 0 Å². The molecule has 1 aromatic rings. The van der Waals surface area contributed by atoms with Crippen molar-refractivity contribution in [3.05, 3.63) is 18.2 Å². The second-order valence-electron chi connectivity index (χ2n) is 5.39. The molecule has 2 heterocycles. The summed E-state index contributed by atoms with van der Waals surface area (Å²) in [6, 6.07) is 0. The minimum absolute atomic E-state index is 0.110. The van der Waals surface area contributed by atoms with E-state index in [1.165, 1.54) is 0 Å². The van der Waals surface area contributed by atoms with Crippen molar-refractivity contribution in [2.75, 3.05) is 32.7 Å². The smallest absolute Gasteiger partial charge is 0.224 e. The van der Waals surface area contributed by atoms with Crippen LogP contribution in [0.5, 0.6) is 0 Å². The number of aromatic nitrogens is 2. The summed E-state index contributed by atoms with van der Waals surface area (Å²) in [6.07, 6.45) is 5.90. The highest BCUT2D eigenvalue weighted by molar-refractivity contribution is 5.78.